The van der Waals surface area contributed by atoms with Gasteiger partial charge in [-0.05, 0) is 25.5 Å². The zero-order chi connectivity index (χ0) is 21.3. The van der Waals surface area contributed by atoms with Crippen LogP contribution in [-0.4, -0.2) is 70.0 Å². The molecule has 0 saturated carbocycles. The molecule has 2 aromatic rings. The lowest BCUT2D eigenvalue weighted by Gasteiger charge is -2.39. The second kappa shape index (κ2) is 9.30. The summed E-state index contributed by atoms with van der Waals surface area (Å²) in [4.78, 5) is 21.2. The average molecular weight is 448 g/mol. The average Bonchev–Trinajstić information content (AvgIpc) is 3.06. The van der Waals surface area contributed by atoms with E-state index >= 15 is 0 Å². The monoisotopic (exact) mass is 447 g/mol. The SMILES string of the molecule is CCc1nn(C)c(Cl)c1CN1CCN(C(C)C(=O)N2CCSc3ccccc32)CC1. The summed E-state index contributed by atoms with van der Waals surface area (Å²) >= 11 is 8.30. The fourth-order valence-corrected chi connectivity index (χ4v) is 5.55. The first-order valence-corrected chi connectivity index (χ1v) is 12.1. The number of para-hydroxylation sites is 1. The van der Waals surface area contributed by atoms with Gasteiger partial charge in [-0.3, -0.25) is 19.3 Å². The number of carbonyl (C=O) groups is 1. The van der Waals surface area contributed by atoms with Crippen LogP contribution in [0.4, 0.5) is 5.69 Å². The highest BCUT2D eigenvalue weighted by Crippen LogP contribution is 2.35. The number of rotatable bonds is 5. The zero-order valence-electron chi connectivity index (χ0n) is 18.0. The lowest BCUT2D eigenvalue weighted by molar-refractivity contribution is -0.124. The number of piperazine rings is 1. The molecule has 8 heteroatoms. The maximum Gasteiger partial charge on any atom is 0.244 e. The van der Waals surface area contributed by atoms with Crippen molar-refractivity contribution in [3.63, 3.8) is 0 Å². The Bertz CT molecular complexity index is 909. The maximum absolute atomic E-state index is 13.3. The summed E-state index contributed by atoms with van der Waals surface area (Å²) in [6.07, 6.45) is 0.886. The molecular formula is C22H30ClN5OS. The third-order valence-corrected chi connectivity index (χ3v) is 7.69. The molecule has 2 aliphatic rings. The number of aromatic nitrogens is 2. The zero-order valence-corrected chi connectivity index (χ0v) is 19.5. The number of anilines is 1. The predicted molar refractivity (Wildman–Crippen MR) is 123 cm³/mol. The van der Waals surface area contributed by atoms with Gasteiger partial charge in [0.25, 0.3) is 0 Å². The Kier molecular flexibility index (Phi) is 6.72. The van der Waals surface area contributed by atoms with Gasteiger partial charge in [-0.1, -0.05) is 30.7 Å². The number of halogens is 1. The number of hydrogen-bond donors (Lipinski definition) is 0. The third kappa shape index (κ3) is 4.26. The minimum Gasteiger partial charge on any atom is -0.309 e. The molecule has 0 aliphatic carbocycles. The number of nitrogens with zero attached hydrogens (tertiary/aromatic N) is 5. The van der Waals surface area contributed by atoms with Crippen LogP contribution < -0.4 is 4.90 Å². The molecule has 1 atom stereocenters. The van der Waals surface area contributed by atoms with Crippen LogP contribution in [0.15, 0.2) is 29.2 Å². The number of hydrogen-bond acceptors (Lipinski definition) is 5. The van der Waals surface area contributed by atoms with E-state index in [1.54, 1.807) is 4.68 Å². The van der Waals surface area contributed by atoms with E-state index in [0.29, 0.717) is 0 Å². The largest absolute Gasteiger partial charge is 0.309 e. The molecule has 162 valence electrons. The summed E-state index contributed by atoms with van der Waals surface area (Å²) in [7, 11) is 1.90. The lowest BCUT2D eigenvalue weighted by atomic mass is 10.1. The van der Waals surface area contributed by atoms with Crippen molar-refractivity contribution in [3.8, 4) is 0 Å². The molecule has 30 heavy (non-hydrogen) atoms. The van der Waals surface area contributed by atoms with E-state index in [4.69, 9.17) is 11.6 Å². The van der Waals surface area contributed by atoms with Gasteiger partial charge in [-0.15, -0.1) is 11.8 Å². The smallest absolute Gasteiger partial charge is 0.244 e. The minimum absolute atomic E-state index is 0.114. The Morgan fingerprint density at radius 3 is 2.67 bits per heavy atom. The van der Waals surface area contributed by atoms with Crippen LogP contribution in [0.2, 0.25) is 5.15 Å². The number of carbonyl (C=O) groups excluding carboxylic acids is 1. The first kappa shape index (κ1) is 21.7. The number of thioether (sulfide) groups is 1. The van der Waals surface area contributed by atoms with Crippen molar-refractivity contribution in [2.24, 2.45) is 7.05 Å². The summed E-state index contributed by atoms with van der Waals surface area (Å²) in [6, 6.07) is 8.12. The maximum atomic E-state index is 13.3. The Morgan fingerprint density at radius 2 is 1.93 bits per heavy atom. The van der Waals surface area contributed by atoms with Gasteiger partial charge in [0.15, 0.2) is 0 Å². The van der Waals surface area contributed by atoms with E-state index in [0.717, 1.165) is 73.5 Å². The van der Waals surface area contributed by atoms with Crippen molar-refractivity contribution in [1.82, 2.24) is 19.6 Å². The van der Waals surface area contributed by atoms with E-state index in [-0.39, 0.29) is 11.9 Å². The summed E-state index contributed by atoms with van der Waals surface area (Å²) < 4.78 is 1.77. The normalized spacial score (nSPS) is 19.0. The lowest BCUT2D eigenvalue weighted by Crippen LogP contribution is -2.55. The van der Waals surface area contributed by atoms with E-state index < -0.39 is 0 Å². The quantitative estimate of drug-likeness (QED) is 0.703. The molecule has 1 aromatic carbocycles. The molecule has 0 spiro atoms. The number of benzene rings is 1. The van der Waals surface area contributed by atoms with Crippen molar-refractivity contribution in [3.05, 3.63) is 40.7 Å². The van der Waals surface area contributed by atoms with Crippen molar-refractivity contribution >= 4 is 35.0 Å². The van der Waals surface area contributed by atoms with Gasteiger partial charge in [0.2, 0.25) is 5.91 Å². The predicted octanol–water partition coefficient (Wildman–Crippen LogP) is 3.28. The molecule has 1 amide bonds. The highest BCUT2D eigenvalue weighted by Gasteiger charge is 2.32. The first-order chi connectivity index (χ1) is 14.5. The second-order valence-electron chi connectivity index (χ2n) is 7.99. The standard InChI is InChI=1S/C22H30ClN5OS/c1-4-18-17(21(23)25(3)24-18)15-26-9-11-27(12-10-26)16(2)22(29)28-13-14-30-20-8-6-5-7-19(20)28/h5-8,16H,4,9-15H2,1-3H3. The fourth-order valence-electron chi connectivity index (χ4n) is 4.35. The van der Waals surface area contributed by atoms with Crippen LogP contribution in [0.25, 0.3) is 0 Å². The van der Waals surface area contributed by atoms with E-state index in [9.17, 15) is 4.79 Å². The van der Waals surface area contributed by atoms with Crippen LogP contribution in [0.1, 0.15) is 25.1 Å². The Balaban J connectivity index is 1.37. The van der Waals surface area contributed by atoms with Gasteiger partial charge in [0.05, 0.1) is 17.4 Å². The van der Waals surface area contributed by atoms with Gasteiger partial charge in [0.1, 0.15) is 5.15 Å². The van der Waals surface area contributed by atoms with Crippen molar-refractivity contribution < 1.29 is 4.79 Å². The molecule has 0 radical (unpaired) electrons. The molecule has 1 fully saturated rings. The molecule has 1 unspecified atom stereocenters. The van der Waals surface area contributed by atoms with Crippen molar-refractivity contribution in [2.45, 2.75) is 37.8 Å². The molecule has 1 saturated heterocycles. The summed E-state index contributed by atoms with van der Waals surface area (Å²) in [5, 5.41) is 5.26. The Labute approximate surface area is 188 Å². The van der Waals surface area contributed by atoms with Gasteiger partial charge >= 0.3 is 0 Å². The van der Waals surface area contributed by atoms with Gasteiger partial charge in [-0.25, -0.2) is 0 Å². The summed E-state index contributed by atoms with van der Waals surface area (Å²) in [6.45, 7) is 9.40. The summed E-state index contributed by atoms with van der Waals surface area (Å²) in [5.41, 5.74) is 3.28. The van der Waals surface area contributed by atoms with Crippen LogP contribution in [0.5, 0.6) is 0 Å². The van der Waals surface area contributed by atoms with Crippen molar-refractivity contribution in [1.29, 1.82) is 0 Å². The second-order valence-corrected chi connectivity index (χ2v) is 9.48. The number of fused-ring (bicyclic) bond motifs is 1. The highest BCUT2D eigenvalue weighted by molar-refractivity contribution is 7.99. The number of amides is 1. The van der Waals surface area contributed by atoms with E-state index in [1.807, 2.05) is 35.8 Å². The third-order valence-electron chi connectivity index (χ3n) is 6.18. The van der Waals surface area contributed by atoms with Crippen molar-refractivity contribution in [2.75, 3.05) is 43.4 Å². The van der Waals surface area contributed by atoms with Crippen LogP contribution in [0.3, 0.4) is 0 Å². The Hall–Kier alpha value is -1.54. The molecule has 0 bridgehead atoms. The minimum atomic E-state index is -0.114. The molecule has 0 N–H and O–H groups in total. The van der Waals surface area contributed by atoms with Gasteiger partial charge in [0, 0.05) is 62.5 Å². The Morgan fingerprint density at radius 1 is 1.20 bits per heavy atom. The molecule has 4 rings (SSSR count). The van der Waals surface area contributed by atoms with E-state index in [1.165, 1.54) is 4.90 Å². The van der Waals surface area contributed by atoms with Crippen LogP contribution in [-0.2, 0) is 24.8 Å². The molecule has 3 heterocycles. The fraction of sp³-hybridized carbons (Fsp3) is 0.545. The molecule has 1 aromatic heterocycles. The van der Waals surface area contributed by atoms with Crippen LogP contribution >= 0.6 is 23.4 Å². The first-order valence-electron chi connectivity index (χ1n) is 10.7. The topological polar surface area (TPSA) is 44.6 Å². The molecule has 6 nitrogen and oxygen atoms in total. The molecule has 2 aliphatic heterocycles. The van der Waals surface area contributed by atoms with E-state index in [2.05, 4.69) is 40.9 Å². The summed E-state index contributed by atoms with van der Waals surface area (Å²) in [5.74, 6) is 1.16. The molecular weight excluding hydrogens is 418 g/mol. The number of aryl methyl sites for hydroxylation is 2. The van der Waals surface area contributed by atoms with Crippen LogP contribution in [0, 0.1) is 0 Å². The van der Waals surface area contributed by atoms with Gasteiger partial charge < -0.3 is 4.90 Å². The van der Waals surface area contributed by atoms with Gasteiger partial charge in [-0.2, -0.15) is 5.10 Å². The highest BCUT2D eigenvalue weighted by atomic mass is 35.5.